The third kappa shape index (κ3) is 3.21. The molecule has 0 aromatic carbocycles. The van der Waals surface area contributed by atoms with Gasteiger partial charge in [-0.25, -0.2) is 4.68 Å². The molecule has 0 aliphatic heterocycles. The molecule has 0 unspecified atom stereocenters. The van der Waals surface area contributed by atoms with Gasteiger partial charge in [0.1, 0.15) is 16.9 Å². The molecule has 1 N–H and O–H groups in total. The van der Waals surface area contributed by atoms with E-state index in [0.29, 0.717) is 5.95 Å². The number of aromatic nitrogens is 4. The van der Waals surface area contributed by atoms with Crippen molar-refractivity contribution in [3.63, 3.8) is 0 Å². The van der Waals surface area contributed by atoms with Gasteiger partial charge in [0.05, 0.1) is 5.69 Å². The van der Waals surface area contributed by atoms with Crippen LogP contribution in [-0.2, 0) is 4.79 Å². The molecule has 0 fully saturated rings. The predicted octanol–water partition coefficient (Wildman–Crippen LogP) is 2.11. The Kier molecular flexibility index (Phi) is 4.01. The molecular weight excluding hydrogens is 289 g/mol. The van der Waals surface area contributed by atoms with Crippen LogP contribution < -0.4 is 5.32 Å². The first kappa shape index (κ1) is 13.8. The van der Waals surface area contributed by atoms with E-state index in [1.54, 1.807) is 4.68 Å². The van der Waals surface area contributed by atoms with Gasteiger partial charge in [0.2, 0.25) is 5.91 Å². The number of alkyl halides is 1. The van der Waals surface area contributed by atoms with E-state index in [9.17, 15) is 4.79 Å². The number of carbonyl (C=O) groups excluding carboxylic acids is 1. The lowest BCUT2D eigenvalue weighted by Crippen LogP contribution is -2.15. The second-order valence-electron chi connectivity index (χ2n) is 3.90. The van der Waals surface area contributed by atoms with Crippen LogP contribution in [-0.4, -0.2) is 31.5 Å². The molecule has 2 heterocycles. The topological polar surface area (TPSA) is 72.7 Å². The van der Waals surface area contributed by atoms with Crippen molar-refractivity contribution < 1.29 is 4.79 Å². The minimum Gasteiger partial charge on any atom is -0.309 e. The van der Waals surface area contributed by atoms with Gasteiger partial charge in [0, 0.05) is 11.8 Å². The highest BCUT2D eigenvalue weighted by atomic mass is 35.5. The van der Waals surface area contributed by atoms with Crippen molar-refractivity contribution in [2.45, 2.75) is 13.8 Å². The van der Waals surface area contributed by atoms with Gasteiger partial charge in [-0.1, -0.05) is 11.6 Å². The molecule has 0 aliphatic carbocycles. The number of hydrogen-bond acceptors (Lipinski definition) is 4. The minimum atomic E-state index is -0.365. The molecule has 0 saturated heterocycles. The number of nitrogens with one attached hydrogen (secondary N) is 1. The fourth-order valence-corrected chi connectivity index (χ4v) is 1.82. The summed E-state index contributed by atoms with van der Waals surface area (Å²) in [5, 5.41) is 6.99. The summed E-state index contributed by atoms with van der Waals surface area (Å²) in [4.78, 5) is 19.5. The van der Waals surface area contributed by atoms with Gasteiger partial charge in [-0.2, -0.15) is 15.1 Å². The standard InChI is InChI=1S/C11H11Cl2N5O/c1-6-3-7(2)18(17-6)11-14-8(13)4-9(16-11)15-10(19)5-12/h3-4H,5H2,1-2H3,(H,14,15,16,19). The highest BCUT2D eigenvalue weighted by Gasteiger charge is 2.10. The second kappa shape index (κ2) is 5.54. The number of aryl methyl sites for hydroxylation is 2. The molecule has 2 aromatic rings. The molecule has 6 nitrogen and oxygen atoms in total. The first-order valence-electron chi connectivity index (χ1n) is 5.43. The van der Waals surface area contributed by atoms with Crippen LogP contribution in [0.4, 0.5) is 5.82 Å². The molecule has 0 atom stereocenters. The molecule has 0 saturated carbocycles. The summed E-state index contributed by atoms with van der Waals surface area (Å²) < 4.78 is 1.55. The van der Waals surface area contributed by atoms with Crippen LogP contribution in [0.5, 0.6) is 0 Å². The monoisotopic (exact) mass is 299 g/mol. The van der Waals surface area contributed by atoms with Gasteiger partial charge < -0.3 is 5.32 Å². The first-order valence-corrected chi connectivity index (χ1v) is 6.35. The average molecular weight is 300 g/mol. The molecule has 0 spiro atoms. The summed E-state index contributed by atoms with van der Waals surface area (Å²) in [6.07, 6.45) is 0. The number of amides is 1. The van der Waals surface area contributed by atoms with E-state index in [0.717, 1.165) is 11.4 Å². The van der Waals surface area contributed by atoms with Gasteiger partial charge in [0.15, 0.2) is 0 Å². The molecule has 0 bridgehead atoms. The Labute approximate surface area is 119 Å². The van der Waals surface area contributed by atoms with E-state index >= 15 is 0 Å². The van der Waals surface area contributed by atoms with E-state index in [1.165, 1.54) is 6.07 Å². The number of anilines is 1. The maximum atomic E-state index is 11.2. The van der Waals surface area contributed by atoms with Gasteiger partial charge in [0.25, 0.3) is 5.95 Å². The molecule has 19 heavy (non-hydrogen) atoms. The Bertz CT molecular complexity index is 626. The van der Waals surface area contributed by atoms with Crippen LogP contribution in [0.1, 0.15) is 11.4 Å². The van der Waals surface area contributed by atoms with Crippen molar-refractivity contribution in [2.24, 2.45) is 0 Å². The van der Waals surface area contributed by atoms with Gasteiger partial charge in [-0.05, 0) is 19.9 Å². The van der Waals surface area contributed by atoms with Gasteiger partial charge in [-0.3, -0.25) is 4.79 Å². The predicted molar refractivity (Wildman–Crippen MR) is 73.0 cm³/mol. The van der Waals surface area contributed by atoms with E-state index < -0.39 is 0 Å². The summed E-state index contributed by atoms with van der Waals surface area (Å²) >= 11 is 11.3. The minimum absolute atomic E-state index is 0.156. The van der Waals surface area contributed by atoms with Crippen molar-refractivity contribution >= 4 is 34.9 Å². The van der Waals surface area contributed by atoms with E-state index in [1.807, 2.05) is 19.9 Å². The Hall–Kier alpha value is -1.66. The number of rotatable bonds is 3. The van der Waals surface area contributed by atoms with Crippen molar-refractivity contribution in [3.8, 4) is 5.95 Å². The molecular formula is C11H11Cl2N5O. The van der Waals surface area contributed by atoms with Crippen LogP contribution in [0.3, 0.4) is 0 Å². The lowest BCUT2D eigenvalue weighted by atomic mass is 10.4. The summed E-state index contributed by atoms with van der Waals surface area (Å²) in [7, 11) is 0. The Morgan fingerprint density at radius 3 is 2.68 bits per heavy atom. The second-order valence-corrected chi connectivity index (χ2v) is 4.55. The largest absolute Gasteiger partial charge is 0.309 e. The molecule has 0 radical (unpaired) electrons. The number of halogens is 2. The normalized spacial score (nSPS) is 10.5. The summed E-state index contributed by atoms with van der Waals surface area (Å²) in [5.74, 6) is 0.0589. The summed E-state index contributed by atoms with van der Waals surface area (Å²) in [6, 6.07) is 3.34. The van der Waals surface area contributed by atoms with Crippen LogP contribution in [0, 0.1) is 13.8 Å². The van der Waals surface area contributed by atoms with Crippen LogP contribution in [0.15, 0.2) is 12.1 Å². The molecule has 1 amide bonds. The van der Waals surface area contributed by atoms with Crippen LogP contribution >= 0.6 is 23.2 Å². The lowest BCUT2D eigenvalue weighted by molar-refractivity contribution is -0.113. The van der Waals surface area contributed by atoms with E-state index in [2.05, 4.69) is 20.4 Å². The zero-order chi connectivity index (χ0) is 14.0. The maximum absolute atomic E-state index is 11.2. The maximum Gasteiger partial charge on any atom is 0.254 e. The summed E-state index contributed by atoms with van der Waals surface area (Å²) in [6.45, 7) is 3.74. The van der Waals surface area contributed by atoms with Gasteiger partial charge in [-0.15, -0.1) is 11.6 Å². The molecule has 8 heteroatoms. The smallest absolute Gasteiger partial charge is 0.254 e. The highest BCUT2D eigenvalue weighted by molar-refractivity contribution is 6.30. The third-order valence-corrected chi connectivity index (χ3v) is 2.71. The SMILES string of the molecule is Cc1cc(C)n(-c2nc(Cl)cc(NC(=O)CCl)n2)n1. The molecule has 2 aromatic heterocycles. The molecule has 0 aliphatic rings. The molecule has 100 valence electrons. The first-order chi connectivity index (χ1) is 8.99. The number of nitrogens with zero attached hydrogens (tertiary/aromatic N) is 4. The quantitative estimate of drug-likeness (QED) is 0.696. The zero-order valence-electron chi connectivity index (χ0n) is 10.3. The van der Waals surface area contributed by atoms with E-state index in [4.69, 9.17) is 23.2 Å². The Morgan fingerprint density at radius 2 is 2.11 bits per heavy atom. The van der Waals surface area contributed by atoms with Gasteiger partial charge >= 0.3 is 0 Å². The highest BCUT2D eigenvalue weighted by Crippen LogP contribution is 2.15. The Morgan fingerprint density at radius 1 is 1.37 bits per heavy atom. The van der Waals surface area contributed by atoms with Crippen molar-refractivity contribution in [1.82, 2.24) is 19.7 Å². The van der Waals surface area contributed by atoms with Crippen molar-refractivity contribution in [2.75, 3.05) is 11.2 Å². The lowest BCUT2D eigenvalue weighted by Gasteiger charge is -2.06. The number of hydrogen-bond donors (Lipinski definition) is 1. The number of carbonyl (C=O) groups is 1. The van der Waals surface area contributed by atoms with E-state index in [-0.39, 0.29) is 22.8 Å². The van der Waals surface area contributed by atoms with Crippen LogP contribution in [0.2, 0.25) is 5.15 Å². The Balaban J connectivity index is 2.41. The molecule has 2 rings (SSSR count). The summed E-state index contributed by atoms with van der Waals surface area (Å²) in [5.41, 5.74) is 1.71. The van der Waals surface area contributed by atoms with Crippen LogP contribution in [0.25, 0.3) is 5.95 Å². The zero-order valence-corrected chi connectivity index (χ0v) is 11.8. The van der Waals surface area contributed by atoms with Crippen molar-refractivity contribution in [1.29, 1.82) is 0 Å². The van der Waals surface area contributed by atoms with Crippen molar-refractivity contribution in [3.05, 3.63) is 28.7 Å². The fraction of sp³-hybridized carbons (Fsp3) is 0.273. The average Bonchev–Trinajstić information content (AvgIpc) is 2.67. The fourth-order valence-electron chi connectivity index (χ4n) is 1.57. The third-order valence-electron chi connectivity index (χ3n) is 2.27.